The van der Waals surface area contributed by atoms with Crippen LogP contribution in [0.15, 0.2) is 0 Å². The molecule has 0 aromatic carbocycles. The fourth-order valence-electron chi connectivity index (χ4n) is 1.68. The molecular formula is C11H20N2O4. The molecule has 98 valence electrons. The number of carbonyl (C=O) groups is 2. The molecular weight excluding hydrogens is 224 g/mol. The van der Waals surface area contributed by atoms with E-state index >= 15 is 0 Å². The Kier molecular flexibility index (Phi) is 5.37. The van der Waals surface area contributed by atoms with E-state index in [1.54, 1.807) is 6.92 Å². The molecule has 3 atom stereocenters. The molecule has 0 saturated carbocycles. The predicted octanol–water partition coefficient (Wildman–Crippen LogP) is -0.711. The van der Waals surface area contributed by atoms with E-state index in [9.17, 15) is 9.59 Å². The minimum Gasteiger partial charge on any atom is -0.469 e. The summed E-state index contributed by atoms with van der Waals surface area (Å²) in [7, 11) is 1.33. The van der Waals surface area contributed by atoms with Gasteiger partial charge in [-0.2, -0.15) is 0 Å². The number of nitrogens with one attached hydrogen (secondary N) is 2. The van der Waals surface area contributed by atoms with Crippen LogP contribution in [0.1, 0.15) is 13.8 Å². The van der Waals surface area contributed by atoms with Crippen molar-refractivity contribution in [3.8, 4) is 0 Å². The quantitative estimate of drug-likeness (QED) is 0.639. The average Bonchev–Trinajstić information content (AvgIpc) is 2.35. The lowest BCUT2D eigenvalue weighted by atomic mass is 10.1. The Bertz CT molecular complexity index is 283. The molecule has 2 N–H and O–H groups in total. The molecule has 6 heteroatoms. The number of hydrogen-bond acceptors (Lipinski definition) is 5. The van der Waals surface area contributed by atoms with Crippen molar-refractivity contribution < 1.29 is 19.1 Å². The van der Waals surface area contributed by atoms with Crippen LogP contribution in [0.5, 0.6) is 0 Å². The number of rotatable bonds is 4. The lowest BCUT2D eigenvalue weighted by Crippen LogP contribution is -2.56. The molecule has 0 radical (unpaired) electrons. The molecule has 1 unspecified atom stereocenters. The summed E-state index contributed by atoms with van der Waals surface area (Å²) >= 11 is 0. The fraction of sp³-hybridized carbons (Fsp3) is 0.818. The minimum atomic E-state index is -0.353. The molecule has 17 heavy (non-hydrogen) atoms. The van der Waals surface area contributed by atoms with Gasteiger partial charge in [-0.1, -0.05) is 6.92 Å². The van der Waals surface area contributed by atoms with Crippen LogP contribution < -0.4 is 10.6 Å². The first-order valence-corrected chi connectivity index (χ1v) is 5.76. The van der Waals surface area contributed by atoms with E-state index in [1.807, 2.05) is 6.92 Å². The van der Waals surface area contributed by atoms with Gasteiger partial charge in [-0.05, 0) is 6.92 Å². The highest BCUT2D eigenvalue weighted by Crippen LogP contribution is 2.04. The summed E-state index contributed by atoms with van der Waals surface area (Å²) in [6, 6.07) is -0.353. The standard InChI is InChI=1S/C11H20N2O4/c1-7(11(15)16-3)6-13-10(14)9-8(2)17-5-4-12-9/h7-9,12H,4-6H2,1-3H3,(H,13,14)/t7?,8-,9+/m1/s1. The van der Waals surface area contributed by atoms with Crippen LogP contribution in [0.25, 0.3) is 0 Å². The number of morpholine rings is 1. The van der Waals surface area contributed by atoms with Gasteiger partial charge >= 0.3 is 5.97 Å². The Morgan fingerprint density at radius 2 is 2.29 bits per heavy atom. The van der Waals surface area contributed by atoms with Crippen LogP contribution in [0, 0.1) is 5.92 Å². The third kappa shape index (κ3) is 3.98. The zero-order chi connectivity index (χ0) is 12.8. The van der Waals surface area contributed by atoms with Crippen molar-refractivity contribution in [3.05, 3.63) is 0 Å². The second-order valence-corrected chi connectivity index (χ2v) is 4.18. The first kappa shape index (κ1) is 13.9. The van der Waals surface area contributed by atoms with E-state index in [1.165, 1.54) is 7.11 Å². The summed E-state index contributed by atoms with van der Waals surface area (Å²) in [5.41, 5.74) is 0. The van der Waals surface area contributed by atoms with Crippen LogP contribution in [0.3, 0.4) is 0 Å². The average molecular weight is 244 g/mol. The van der Waals surface area contributed by atoms with Gasteiger partial charge in [0.2, 0.25) is 5.91 Å². The molecule has 1 aliphatic heterocycles. The van der Waals surface area contributed by atoms with Crippen LogP contribution >= 0.6 is 0 Å². The highest BCUT2D eigenvalue weighted by atomic mass is 16.5. The van der Waals surface area contributed by atoms with Crippen LogP contribution in [-0.4, -0.2) is 50.8 Å². The molecule has 0 aliphatic carbocycles. The number of amides is 1. The van der Waals surface area contributed by atoms with E-state index in [2.05, 4.69) is 15.4 Å². The summed E-state index contributed by atoms with van der Waals surface area (Å²) < 4.78 is 9.95. The van der Waals surface area contributed by atoms with Crippen LogP contribution in [0.4, 0.5) is 0 Å². The number of ether oxygens (including phenoxy) is 2. The van der Waals surface area contributed by atoms with E-state index in [0.717, 1.165) is 0 Å². The molecule has 1 saturated heterocycles. The van der Waals surface area contributed by atoms with Crippen LogP contribution in [-0.2, 0) is 19.1 Å². The van der Waals surface area contributed by atoms with Crippen molar-refractivity contribution >= 4 is 11.9 Å². The molecule has 6 nitrogen and oxygen atoms in total. The Hall–Kier alpha value is -1.14. The molecule has 1 heterocycles. The molecule has 0 bridgehead atoms. The summed E-state index contributed by atoms with van der Waals surface area (Å²) in [5, 5.41) is 5.80. The molecule has 0 aromatic rings. The van der Waals surface area contributed by atoms with Crippen molar-refractivity contribution in [2.45, 2.75) is 26.0 Å². The van der Waals surface area contributed by atoms with Gasteiger partial charge in [0, 0.05) is 13.1 Å². The largest absolute Gasteiger partial charge is 0.469 e. The molecule has 1 fully saturated rings. The van der Waals surface area contributed by atoms with E-state index in [-0.39, 0.29) is 36.5 Å². The van der Waals surface area contributed by atoms with Crippen molar-refractivity contribution in [2.75, 3.05) is 26.8 Å². The molecule has 0 spiro atoms. The fourth-order valence-corrected chi connectivity index (χ4v) is 1.68. The van der Waals surface area contributed by atoms with Crippen molar-refractivity contribution in [1.29, 1.82) is 0 Å². The van der Waals surface area contributed by atoms with Gasteiger partial charge in [-0.25, -0.2) is 0 Å². The van der Waals surface area contributed by atoms with Gasteiger partial charge in [0.15, 0.2) is 0 Å². The number of esters is 1. The lowest BCUT2D eigenvalue weighted by molar-refractivity contribution is -0.144. The highest BCUT2D eigenvalue weighted by molar-refractivity contribution is 5.83. The first-order chi connectivity index (χ1) is 8.06. The zero-order valence-electron chi connectivity index (χ0n) is 10.5. The minimum absolute atomic E-state index is 0.145. The van der Waals surface area contributed by atoms with Gasteiger partial charge < -0.3 is 20.1 Å². The Labute approximate surface area is 101 Å². The van der Waals surface area contributed by atoms with Gasteiger partial charge in [0.05, 0.1) is 25.7 Å². The van der Waals surface area contributed by atoms with Crippen molar-refractivity contribution in [1.82, 2.24) is 10.6 Å². The normalized spacial score (nSPS) is 26.1. The second-order valence-electron chi connectivity index (χ2n) is 4.18. The third-order valence-corrected chi connectivity index (χ3v) is 2.78. The number of methoxy groups -OCH3 is 1. The smallest absolute Gasteiger partial charge is 0.310 e. The maximum Gasteiger partial charge on any atom is 0.310 e. The molecule has 0 aromatic heterocycles. The number of carbonyl (C=O) groups excluding carboxylic acids is 2. The van der Waals surface area contributed by atoms with Crippen molar-refractivity contribution in [3.63, 3.8) is 0 Å². The maximum absolute atomic E-state index is 11.8. The highest BCUT2D eigenvalue weighted by Gasteiger charge is 2.28. The summed E-state index contributed by atoms with van der Waals surface area (Å²) in [6.07, 6.45) is -0.155. The zero-order valence-corrected chi connectivity index (χ0v) is 10.5. The van der Waals surface area contributed by atoms with Gasteiger partial charge in [-0.3, -0.25) is 9.59 Å². The SMILES string of the molecule is COC(=O)C(C)CNC(=O)[C@H]1NCCO[C@@H]1C. The first-order valence-electron chi connectivity index (χ1n) is 5.76. The molecule has 1 aliphatic rings. The monoisotopic (exact) mass is 244 g/mol. The molecule has 1 rings (SSSR count). The second kappa shape index (κ2) is 6.56. The maximum atomic E-state index is 11.8. The molecule has 1 amide bonds. The van der Waals surface area contributed by atoms with E-state index in [0.29, 0.717) is 13.2 Å². The number of hydrogen-bond donors (Lipinski definition) is 2. The topological polar surface area (TPSA) is 76.7 Å². The van der Waals surface area contributed by atoms with Crippen molar-refractivity contribution in [2.24, 2.45) is 5.92 Å². The van der Waals surface area contributed by atoms with Gasteiger partial charge in [0.1, 0.15) is 6.04 Å². The lowest BCUT2D eigenvalue weighted by Gasteiger charge is -2.29. The Morgan fingerprint density at radius 3 is 2.88 bits per heavy atom. The summed E-state index contributed by atoms with van der Waals surface area (Å²) in [6.45, 7) is 5.11. The Balaban J connectivity index is 2.36. The third-order valence-electron chi connectivity index (χ3n) is 2.78. The summed E-state index contributed by atoms with van der Waals surface area (Å²) in [4.78, 5) is 23.0. The van der Waals surface area contributed by atoms with Gasteiger partial charge in [0.25, 0.3) is 0 Å². The summed E-state index contributed by atoms with van der Waals surface area (Å²) in [5.74, 6) is -0.817. The Morgan fingerprint density at radius 1 is 1.59 bits per heavy atom. The predicted molar refractivity (Wildman–Crippen MR) is 61.4 cm³/mol. The van der Waals surface area contributed by atoms with Crippen LogP contribution in [0.2, 0.25) is 0 Å². The van der Waals surface area contributed by atoms with E-state index in [4.69, 9.17) is 4.74 Å². The van der Waals surface area contributed by atoms with E-state index < -0.39 is 0 Å². The van der Waals surface area contributed by atoms with Gasteiger partial charge in [-0.15, -0.1) is 0 Å².